The molecule has 0 aliphatic rings. The summed E-state index contributed by atoms with van der Waals surface area (Å²) in [5.74, 6) is 1.06. The summed E-state index contributed by atoms with van der Waals surface area (Å²) < 4.78 is 5.34. The first-order valence-corrected chi connectivity index (χ1v) is 7.05. The first-order valence-electron chi connectivity index (χ1n) is 7.05. The van der Waals surface area contributed by atoms with Gasteiger partial charge in [-0.15, -0.1) is 0 Å². The predicted octanol–water partition coefficient (Wildman–Crippen LogP) is 2.92. The van der Waals surface area contributed by atoms with E-state index in [1.807, 2.05) is 12.1 Å². The first-order chi connectivity index (χ1) is 8.59. The molecule has 1 aromatic rings. The minimum Gasteiger partial charge on any atom is -0.469 e. The Morgan fingerprint density at radius 3 is 2.67 bits per heavy atom. The van der Waals surface area contributed by atoms with Gasteiger partial charge in [-0.2, -0.15) is 0 Å². The summed E-state index contributed by atoms with van der Waals surface area (Å²) in [5.41, 5.74) is 0. The number of nitrogens with zero attached hydrogens (tertiary/aromatic N) is 1. The predicted molar refractivity (Wildman–Crippen MR) is 76.9 cm³/mol. The molecule has 0 radical (unpaired) electrons. The molecular weight excluding hydrogens is 224 g/mol. The van der Waals surface area contributed by atoms with E-state index in [1.54, 1.807) is 6.26 Å². The van der Waals surface area contributed by atoms with Gasteiger partial charge < -0.3 is 14.6 Å². The first kappa shape index (κ1) is 15.3. The van der Waals surface area contributed by atoms with Crippen LogP contribution in [0.2, 0.25) is 0 Å². The van der Waals surface area contributed by atoms with E-state index in [2.05, 4.69) is 38.0 Å². The van der Waals surface area contributed by atoms with Gasteiger partial charge in [-0.25, -0.2) is 0 Å². The van der Waals surface area contributed by atoms with Gasteiger partial charge in [0.15, 0.2) is 0 Å². The molecule has 0 saturated heterocycles. The second-order valence-electron chi connectivity index (χ2n) is 5.42. The van der Waals surface area contributed by atoms with Gasteiger partial charge in [0.05, 0.1) is 6.26 Å². The number of hydrogen-bond acceptors (Lipinski definition) is 3. The van der Waals surface area contributed by atoms with Crippen molar-refractivity contribution >= 4 is 0 Å². The summed E-state index contributed by atoms with van der Waals surface area (Å²) in [4.78, 5) is 2.40. The van der Waals surface area contributed by atoms with Gasteiger partial charge in [0.25, 0.3) is 0 Å². The van der Waals surface area contributed by atoms with Gasteiger partial charge in [0.2, 0.25) is 0 Å². The SMILES string of the molecule is CC(Cc1ccco1)NCCCCN(C)C(C)C. The molecule has 0 bridgehead atoms. The summed E-state index contributed by atoms with van der Waals surface area (Å²) in [6.45, 7) is 8.97. The fraction of sp³-hybridized carbons (Fsp3) is 0.733. The average molecular weight is 252 g/mol. The lowest BCUT2D eigenvalue weighted by Crippen LogP contribution is -2.30. The van der Waals surface area contributed by atoms with Crippen LogP contribution in [0.15, 0.2) is 22.8 Å². The van der Waals surface area contributed by atoms with Crippen LogP contribution < -0.4 is 5.32 Å². The summed E-state index contributed by atoms with van der Waals surface area (Å²) >= 11 is 0. The lowest BCUT2D eigenvalue weighted by atomic mass is 10.2. The Labute approximate surface area is 112 Å². The Morgan fingerprint density at radius 2 is 2.06 bits per heavy atom. The van der Waals surface area contributed by atoms with Gasteiger partial charge >= 0.3 is 0 Å². The van der Waals surface area contributed by atoms with Crippen LogP contribution in [0.1, 0.15) is 39.4 Å². The van der Waals surface area contributed by atoms with Crippen molar-refractivity contribution in [1.29, 1.82) is 0 Å². The zero-order chi connectivity index (χ0) is 13.4. The van der Waals surface area contributed by atoms with Gasteiger partial charge in [0, 0.05) is 18.5 Å². The van der Waals surface area contributed by atoms with Crippen LogP contribution in [0.5, 0.6) is 0 Å². The Kier molecular flexibility index (Phi) is 7.06. The summed E-state index contributed by atoms with van der Waals surface area (Å²) in [6, 6.07) is 5.12. The maximum Gasteiger partial charge on any atom is 0.105 e. The molecule has 1 atom stereocenters. The van der Waals surface area contributed by atoms with Crippen molar-refractivity contribution in [2.75, 3.05) is 20.1 Å². The van der Waals surface area contributed by atoms with E-state index in [4.69, 9.17) is 4.42 Å². The van der Waals surface area contributed by atoms with Gasteiger partial charge in [0.1, 0.15) is 5.76 Å². The molecule has 1 unspecified atom stereocenters. The van der Waals surface area contributed by atoms with Crippen molar-refractivity contribution in [3.05, 3.63) is 24.2 Å². The van der Waals surface area contributed by atoms with E-state index >= 15 is 0 Å². The number of unbranched alkanes of at least 4 members (excludes halogenated alkanes) is 1. The highest BCUT2D eigenvalue weighted by atomic mass is 16.3. The van der Waals surface area contributed by atoms with Crippen molar-refractivity contribution in [2.24, 2.45) is 0 Å². The molecule has 1 heterocycles. The molecule has 0 fully saturated rings. The van der Waals surface area contributed by atoms with E-state index in [-0.39, 0.29) is 0 Å². The molecule has 3 nitrogen and oxygen atoms in total. The Morgan fingerprint density at radius 1 is 1.28 bits per heavy atom. The smallest absolute Gasteiger partial charge is 0.105 e. The highest BCUT2D eigenvalue weighted by Gasteiger charge is 2.05. The molecular formula is C15H28N2O. The molecule has 0 aromatic carbocycles. The quantitative estimate of drug-likeness (QED) is 0.685. The molecule has 0 spiro atoms. The molecule has 0 amide bonds. The van der Waals surface area contributed by atoms with Crippen LogP contribution in [0, 0.1) is 0 Å². The number of furan rings is 1. The minimum absolute atomic E-state index is 0.485. The highest BCUT2D eigenvalue weighted by Crippen LogP contribution is 2.04. The van der Waals surface area contributed by atoms with E-state index in [0.717, 1.165) is 18.7 Å². The Balaban J connectivity index is 2.00. The van der Waals surface area contributed by atoms with Gasteiger partial charge in [-0.05, 0) is 65.9 Å². The molecule has 18 heavy (non-hydrogen) atoms. The van der Waals surface area contributed by atoms with Crippen molar-refractivity contribution in [3.8, 4) is 0 Å². The molecule has 1 rings (SSSR count). The number of hydrogen-bond donors (Lipinski definition) is 1. The van der Waals surface area contributed by atoms with Gasteiger partial charge in [-0.1, -0.05) is 0 Å². The molecule has 3 heteroatoms. The van der Waals surface area contributed by atoms with E-state index < -0.39 is 0 Å². The fourth-order valence-electron chi connectivity index (χ4n) is 1.90. The topological polar surface area (TPSA) is 28.4 Å². The lowest BCUT2D eigenvalue weighted by molar-refractivity contribution is 0.267. The summed E-state index contributed by atoms with van der Waals surface area (Å²) in [7, 11) is 2.19. The standard InChI is InChI=1S/C15H28N2O/c1-13(2)17(4)10-6-5-9-16-14(3)12-15-8-7-11-18-15/h7-8,11,13-14,16H,5-6,9-10,12H2,1-4H3. The Hall–Kier alpha value is -0.800. The lowest BCUT2D eigenvalue weighted by Gasteiger charge is -2.21. The fourth-order valence-corrected chi connectivity index (χ4v) is 1.90. The average Bonchev–Trinajstić information content (AvgIpc) is 2.80. The van der Waals surface area contributed by atoms with E-state index in [0.29, 0.717) is 12.1 Å². The van der Waals surface area contributed by atoms with E-state index in [9.17, 15) is 0 Å². The third-order valence-electron chi connectivity index (χ3n) is 3.40. The normalized spacial score (nSPS) is 13.4. The summed E-state index contributed by atoms with van der Waals surface area (Å²) in [6.07, 6.45) is 5.21. The maximum absolute atomic E-state index is 5.34. The van der Waals surface area contributed by atoms with Crippen LogP contribution in [-0.2, 0) is 6.42 Å². The molecule has 0 saturated carbocycles. The third kappa shape index (κ3) is 6.22. The maximum atomic E-state index is 5.34. The second kappa shape index (κ2) is 8.33. The number of rotatable bonds is 9. The zero-order valence-corrected chi connectivity index (χ0v) is 12.3. The second-order valence-corrected chi connectivity index (χ2v) is 5.42. The number of nitrogens with one attached hydrogen (secondary N) is 1. The van der Waals surface area contributed by atoms with Gasteiger partial charge in [-0.3, -0.25) is 0 Å². The monoisotopic (exact) mass is 252 g/mol. The van der Waals surface area contributed by atoms with Crippen molar-refractivity contribution in [1.82, 2.24) is 10.2 Å². The molecule has 1 aromatic heterocycles. The Bertz CT molecular complexity index is 295. The van der Waals surface area contributed by atoms with E-state index in [1.165, 1.54) is 19.4 Å². The van der Waals surface area contributed by atoms with Crippen LogP contribution in [0.3, 0.4) is 0 Å². The van der Waals surface area contributed by atoms with Crippen LogP contribution in [0.25, 0.3) is 0 Å². The molecule has 0 aliphatic heterocycles. The third-order valence-corrected chi connectivity index (χ3v) is 3.40. The van der Waals surface area contributed by atoms with Crippen molar-refractivity contribution < 1.29 is 4.42 Å². The van der Waals surface area contributed by atoms with Crippen molar-refractivity contribution in [3.63, 3.8) is 0 Å². The molecule has 1 N–H and O–H groups in total. The molecule has 104 valence electrons. The molecule has 0 aliphatic carbocycles. The van der Waals surface area contributed by atoms with Crippen LogP contribution in [0.4, 0.5) is 0 Å². The zero-order valence-electron chi connectivity index (χ0n) is 12.3. The minimum atomic E-state index is 0.485. The van der Waals surface area contributed by atoms with Crippen LogP contribution in [-0.4, -0.2) is 37.1 Å². The van der Waals surface area contributed by atoms with Crippen molar-refractivity contribution in [2.45, 2.75) is 52.1 Å². The largest absolute Gasteiger partial charge is 0.469 e. The summed E-state index contributed by atoms with van der Waals surface area (Å²) in [5, 5.41) is 3.55. The highest BCUT2D eigenvalue weighted by molar-refractivity contribution is 4.99. The van der Waals surface area contributed by atoms with Crippen LogP contribution >= 0.6 is 0 Å².